The number of aromatic hydroxyl groups is 1. The quantitative estimate of drug-likeness (QED) is 0.291. The molecule has 0 unspecified atom stereocenters. The van der Waals surface area contributed by atoms with Gasteiger partial charge in [0.1, 0.15) is 28.6 Å². The van der Waals surface area contributed by atoms with E-state index in [4.69, 9.17) is 10.5 Å². The highest BCUT2D eigenvalue weighted by molar-refractivity contribution is 6.25. The number of aliphatic hydroxyl groups is 4. The summed E-state index contributed by atoms with van der Waals surface area (Å²) in [5.41, 5.74) is 1.93. The number of Topliss-reactive ketones (excluding diaryl/α,β-unsaturated/α-hetero) is 2. The maximum Gasteiger partial charge on any atom is 0.255 e. The largest absolute Gasteiger partial charge is 0.510 e. The number of amides is 1. The number of hydrogen-bond acceptors (Lipinski definition) is 10. The first kappa shape index (κ1) is 28.1. The van der Waals surface area contributed by atoms with Crippen molar-refractivity contribution < 1.29 is 44.7 Å². The maximum atomic E-state index is 13.8. The predicted molar refractivity (Wildman–Crippen MR) is 147 cm³/mol. The standard InChI is InChI=1S/C30H30N2O9/c1-4-41-14-10-8-13(9-11-14)12-16-15-6-5-7-17(33)18(15)24(34)20-19(16)25(35)22-23(32(2)3)26(36)21(29(31)39)28(38)30(22,40)27(20)37/h5-12,19,22-23,25,33,35-37,40H,4H2,1-3H3,(H2,31,39)/b16-12+/t19-,22-,23+,25+,30+/m1/s1. The van der Waals surface area contributed by atoms with Gasteiger partial charge in [-0.3, -0.25) is 19.3 Å². The van der Waals surface area contributed by atoms with Gasteiger partial charge in [-0.15, -0.1) is 0 Å². The molecule has 0 spiro atoms. The van der Waals surface area contributed by atoms with Crippen LogP contribution in [0.15, 0.2) is 65.1 Å². The number of aliphatic hydroxyl groups excluding tert-OH is 3. The van der Waals surface area contributed by atoms with Gasteiger partial charge in [-0.1, -0.05) is 30.3 Å². The summed E-state index contributed by atoms with van der Waals surface area (Å²) in [6.07, 6.45) is -0.0848. The van der Waals surface area contributed by atoms with Gasteiger partial charge in [-0.25, -0.2) is 0 Å². The third-order valence-corrected chi connectivity index (χ3v) is 8.04. The molecule has 0 aliphatic heterocycles. The van der Waals surface area contributed by atoms with E-state index in [-0.39, 0.29) is 11.1 Å². The van der Waals surface area contributed by atoms with Gasteiger partial charge in [0.05, 0.1) is 35.8 Å². The number of benzene rings is 2. The number of fused-ring (bicyclic) bond motifs is 3. The SMILES string of the molecule is CCOc1ccc(/C=C2\c3cccc(O)c3C(=O)C3=C(O)[C@]4(O)C(=O)C(C(N)=O)=C(O)[C@@H](N(C)C)[C@@H]4[C@@H](O)[C@@H]32)cc1. The number of nitrogens with two attached hydrogens (primary N) is 1. The number of phenols is 1. The Labute approximate surface area is 235 Å². The van der Waals surface area contributed by atoms with Crippen LogP contribution in [-0.4, -0.2) is 86.4 Å². The molecule has 0 aromatic heterocycles. The van der Waals surface area contributed by atoms with E-state index < -0.39 is 75.5 Å². The van der Waals surface area contributed by atoms with Crippen molar-refractivity contribution in [3.8, 4) is 11.5 Å². The van der Waals surface area contributed by atoms with E-state index in [0.717, 1.165) is 0 Å². The Bertz CT molecular complexity index is 1570. The summed E-state index contributed by atoms with van der Waals surface area (Å²) in [5, 5.41) is 57.0. The highest BCUT2D eigenvalue weighted by Crippen LogP contribution is 2.55. The highest BCUT2D eigenvalue weighted by atomic mass is 16.5. The van der Waals surface area contributed by atoms with Crippen LogP contribution < -0.4 is 10.5 Å². The molecule has 41 heavy (non-hydrogen) atoms. The van der Waals surface area contributed by atoms with Crippen LogP contribution >= 0.6 is 0 Å². The summed E-state index contributed by atoms with van der Waals surface area (Å²) in [7, 11) is 2.96. The van der Waals surface area contributed by atoms with Gasteiger partial charge in [0.25, 0.3) is 5.91 Å². The van der Waals surface area contributed by atoms with Crippen molar-refractivity contribution in [2.24, 2.45) is 17.6 Å². The molecule has 214 valence electrons. The fraction of sp³-hybridized carbons (Fsp3) is 0.300. The van der Waals surface area contributed by atoms with E-state index in [1.807, 2.05) is 6.92 Å². The van der Waals surface area contributed by atoms with E-state index in [2.05, 4.69) is 0 Å². The lowest BCUT2D eigenvalue weighted by atomic mass is 9.56. The number of primary amides is 1. The Morgan fingerprint density at radius 2 is 1.76 bits per heavy atom. The summed E-state index contributed by atoms with van der Waals surface area (Å²) in [6, 6.07) is 9.96. The average Bonchev–Trinajstić information content (AvgIpc) is 2.91. The molecule has 5 rings (SSSR count). The number of ether oxygens (including phenoxy) is 1. The summed E-state index contributed by atoms with van der Waals surface area (Å²) < 4.78 is 5.50. The first-order valence-corrected chi connectivity index (χ1v) is 13.0. The number of phenolic OH excluding ortho intramolecular Hbond substituents is 1. The monoisotopic (exact) mass is 562 g/mol. The predicted octanol–water partition coefficient (Wildman–Crippen LogP) is 1.49. The average molecular weight is 563 g/mol. The Morgan fingerprint density at radius 3 is 2.34 bits per heavy atom. The Balaban J connectivity index is 1.82. The molecule has 2 aromatic rings. The number of nitrogens with zero attached hydrogens (tertiary/aromatic N) is 1. The van der Waals surface area contributed by atoms with Crippen LogP contribution in [-0.2, 0) is 9.59 Å². The molecule has 1 amide bonds. The number of carbonyl (C=O) groups is 3. The van der Waals surface area contributed by atoms with Gasteiger partial charge in [-0.05, 0) is 55.9 Å². The van der Waals surface area contributed by atoms with Crippen LogP contribution in [0.4, 0.5) is 0 Å². The van der Waals surface area contributed by atoms with E-state index in [9.17, 15) is 39.9 Å². The van der Waals surface area contributed by atoms with Crippen LogP contribution in [0.2, 0.25) is 0 Å². The Hall–Kier alpha value is -4.45. The molecule has 7 N–H and O–H groups in total. The molecule has 11 heteroatoms. The third-order valence-electron chi connectivity index (χ3n) is 8.04. The minimum Gasteiger partial charge on any atom is -0.510 e. The smallest absolute Gasteiger partial charge is 0.255 e. The van der Waals surface area contributed by atoms with Crippen molar-refractivity contribution >= 4 is 29.1 Å². The third kappa shape index (κ3) is 3.96. The first-order chi connectivity index (χ1) is 19.4. The van der Waals surface area contributed by atoms with Crippen molar-refractivity contribution in [3.05, 3.63) is 81.8 Å². The molecule has 0 bridgehead atoms. The molecular weight excluding hydrogens is 532 g/mol. The van der Waals surface area contributed by atoms with Crippen LogP contribution in [0.25, 0.3) is 11.6 Å². The highest BCUT2D eigenvalue weighted by Gasteiger charge is 2.67. The number of hydrogen-bond donors (Lipinski definition) is 6. The van der Waals surface area contributed by atoms with Gasteiger partial charge in [-0.2, -0.15) is 0 Å². The fourth-order valence-electron chi connectivity index (χ4n) is 6.32. The summed E-state index contributed by atoms with van der Waals surface area (Å²) in [5.74, 6) is -8.28. The Morgan fingerprint density at radius 1 is 1.10 bits per heavy atom. The maximum absolute atomic E-state index is 13.8. The minimum absolute atomic E-state index is 0.197. The zero-order chi connectivity index (χ0) is 30.0. The van der Waals surface area contributed by atoms with Crippen molar-refractivity contribution in [1.82, 2.24) is 4.90 Å². The molecule has 0 radical (unpaired) electrons. The molecule has 0 heterocycles. The lowest BCUT2D eigenvalue weighted by Crippen LogP contribution is -2.68. The van der Waals surface area contributed by atoms with Gasteiger partial charge in [0.2, 0.25) is 5.78 Å². The summed E-state index contributed by atoms with van der Waals surface area (Å²) in [4.78, 5) is 40.9. The summed E-state index contributed by atoms with van der Waals surface area (Å²) >= 11 is 0. The second-order valence-electron chi connectivity index (χ2n) is 10.5. The van der Waals surface area contributed by atoms with Crippen LogP contribution in [0.5, 0.6) is 11.5 Å². The van der Waals surface area contributed by atoms with Crippen LogP contribution in [0.3, 0.4) is 0 Å². The topological polar surface area (TPSA) is 191 Å². The van der Waals surface area contributed by atoms with E-state index in [0.29, 0.717) is 23.5 Å². The molecule has 5 atom stereocenters. The molecule has 0 saturated carbocycles. The van der Waals surface area contributed by atoms with Gasteiger partial charge >= 0.3 is 0 Å². The lowest BCUT2D eigenvalue weighted by molar-refractivity contribution is -0.159. The van der Waals surface area contributed by atoms with Gasteiger partial charge < -0.3 is 36.0 Å². The van der Waals surface area contributed by atoms with Crippen molar-refractivity contribution in [2.45, 2.75) is 24.7 Å². The van der Waals surface area contributed by atoms with Gasteiger partial charge in [0, 0.05) is 5.92 Å². The summed E-state index contributed by atoms with van der Waals surface area (Å²) in [6.45, 7) is 2.31. The zero-order valence-electron chi connectivity index (χ0n) is 22.5. The second kappa shape index (κ2) is 9.88. The van der Waals surface area contributed by atoms with Crippen molar-refractivity contribution in [1.29, 1.82) is 0 Å². The van der Waals surface area contributed by atoms with Crippen molar-refractivity contribution in [3.63, 3.8) is 0 Å². The normalized spacial score (nSPS) is 28.5. The fourth-order valence-corrected chi connectivity index (χ4v) is 6.32. The molecule has 3 aliphatic rings. The number of likely N-dealkylation sites (N-methyl/N-ethyl adjacent to an activating group) is 1. The molecule has 2 aromatic carbocycles. The molecule has 0 saturated heterocycles. The van der Waals surface area contributed by atoms with E-state index >= 15 is 0 Å². The first-order valence-electron chi connectivity index (χ1n) is 13.0. The van der Waals surface area contributed by atoms with E-state index in [1.165, 1.54) is 31.1 Å². The van der Waals surface area contributed by atoms with Crippen molar-refractivity contribution in [2.75, 3.05) is 20.7 Å². The number of rotatable bonds is 5. The number of ketones is 2. The van der Waals surface area contributed by atoms with Gasteiger partial charge in [0.15, 0.2) is 11.4 Å². The zero-order valence-corrected chi connectivity index (χ0v) is 22.5. The van der Waals surface area contributed by atoms with E-state index in [1.54, 1.807) is 36.4 Å². The molecular formula is C30H30N2O9. The molecule has 11 nitrogen and oxygen atoms in total. The second-order valence-corrected chi connectivity index (χ2v) is 10.5. The van der Waals surface area contributed by atoms with Crippen LogP contribution in [0, 0.1) is 11.8 Å². The van der Waals surface area contributed by atoms with Crippen LogP contribution in [0.1, 0.15) is 28.4 Å². The molecule has 3 aliphatic carbocycles. The molecule has 0 fully saturated rings. The number of carbonyl (C=O) groups excluding carboxylic acids is 3. The lowest BCUT2D eigenvalue weighted by Gasteiger charge is -2.52. The Kier molecular flexibility index (Phi) is 6.77. The minimum atomic E-state index is -2.99.